The van der Waals surface area contributed by atoms with E-state index in [1.165, 1.54) is 21.7 Å². The first-order valence-corrected chi connectivity index (χ1v) is 7.30. The maximum atomic E-state index is 10.7. The molecule has 0 spiro atoms. The smallest absolute Gasteiger partial charge is 0.269 e. The lowest BCUT2D eigenvalue weighted by atomic mass is 10.3. The number of rotatable bonds is 5. The predicted octanol–water partition coefficient (Wildman–Crippen LogP) is 1.55. The van der Waals surface area contributed by atoms with Gasteiger partial charge in [0, 0.05) is 12.1 Å². The highest BCUT2D eigenvalue weighted by molar-refractivity contribution is 5.73. The zero-order valence-corrected chi connectivity index (χ0v) is 12.8. The highest BCUT2D eigenvalue weighted by atomic mass is 16.7. The van der Waals surface area contributed by atoms with E-state index in [4.69, 9.17) is 4.84 Å². The van der Waals surface area contributed by atoms with E-state index in [0.717, 1.165) is 11.0 Å². The van der Waals surface area contributed by atoms with Crippen LogP contribution in [0.15, 0.2) is 54.7 Å². The van der Waals surface area contributed by atoms with E-state index in [1.807, 2.05) is 24.3 Å². The Morgan fingerprint density at radius 2 is 1.84 bits per heavy atom. The summed E-state index contributed by atoms with van der Waals surface area (Å²) in [5, 5.41) is 26.6. The van der Waals surface area contributed by atoms with Gasteiger partial charge in [0.25, 0.3) is 5.69 Å². The summed E-state index contributed by atoms with van der Waals surface area (Å²) in [7, 11) is 0. The van der Waals surface area contributed by atoms with Gasteiger partial charge < -0.3 is 4.84 Å². The Kier molecular flexibility index (Phi) is 3.54. The summed E-state index contributed by atoms with van der Waals surface area (Å²) >= 11 is 0. The second-order valence-corrected chi connectivity index (χ2v) is 5.15. The van der Waals surface area contributed by atoms with Crippen LogP contribution in [-0.4, -0.2) is 35.1 Å². The maximum absolute atomic E-state index is 10.7. The largest absolute Gasteiger partial charge is 0.388 e. The molecule has 0 atom stereocenters. The van der Waals surface area contributed by atoms with Gasteiger partial charge in [-0.15, -0.1) is 10.2 Å². The number of fused-ring (bicyclic) bond motifs is 1. The van der Waals surface area contributed by atoms with Crippen LogP contribution in [0, 0.1) is 10.1 Å². The molecule has 0 radical (unpaired) electrons. The molecule has 2 heterocycles. The molecular formula is C15H11N7O3. The van der Waals surface area contributed by atoms with Crippen molar-refractivity contribution < 1.29 is 9.76 Å². The van der Waals surface area contributed by atoms with E-state index >= 15 is 0 Å². The molecular weight excluding hydrogens is 326 g/mol. The summed E-state index contributed by atoms with van der Waals surface area (Å²) < 4.78 is 1.52. The van der Waals surface area contributed by atoms with Gasteiger partial charge in [-0.2, -0.15) is 0 Å². The van der Waals surface area contributed by atoms with Crippen molar-refractivity contribution in [2.24, 2.45) is 0 Å². The molecule has 0 saturated carbocycles. The molecule has 0 fully saturated rings. The molecule has 10 nitrogen and oxygen atoms in total. The Morgan fingerprint density at radius 1 is 1.04 bits per heavy atom. The number of aromatic nitrogens is 6. The molecule has 0 aliphatic heterocycles. The van der Waals surface area contributed by atoms with Crippen molar-refractivity contribution in [1.82, 2.24) is 30.2 Å². The summed E-state index contributed by atoms with van der Waals surface area (Å²) in [6.45, 7) is 0.153. The topological polar surface area (TPSA) is 114 Å². The van der Waals surface area contributed by atoms with Crippen molar-refractivity contribution in [3.05, 3.63) is 70.5 Å². The second kappa shape index (κ2) is 6.00. The van der Waals surface area contributed by atoms with Crippen LogP contribution in [-0.2, 0) is 6.61 Å². The van der Waals surface area contributed by atoms with E-state index in [2.05, 4.69) is 20.6 Å². The number of para-hydroxylation sites is 1. The third-order valence-electron chi connectivity index (χ3n) is 3.52. The summed E-state index contributed by atoms with van der Waals surface area (Å²) in [5.74, 6) is 0. The van der Waals surface area contributed by atoms with Gasteiger partial charge in [0.05, 0.1) is 16.8 Å². The van der Waals surface area contributed by atoms with Gasteiger partial charge in [-0.25, -0.2) is 4.68 Å². The van der Waals surface area contributed by atoms with Crippen LogP contribution in [0.25, 0.3) is 16.7 Å². The summed E-state index contributed by atoms with van der Waals surface area (Å²) in [5.41, 5.74) is 2.75. The molecule has 2 aromatic heterocycles. The van der Waals surface area contributed by atoms with Gasteiger partial charge in [-0.05, 0) is 29.5 Å². The molecule has 0 saturated heterocycles. The van der Waals surface area contributed by atoms with Crippen LogP contribution in [0.3, 0.4) is 0 Å². The highest BCUT2D eigenvalue weighted by Gasteiger charge is 2.09. The van der Waals surface area contributed by atoms with Gasteiger partial charge in [0.2, 0.25) is 0 Å². The van der Waals surface area contributed by atoms with Crippen LogP contribution in [0.1, 0.15) is 5.69 Å². The number of nitro benzene ring substituents is 1. The van der Waals surface area contributed by atoms with Crippen LogP contribution < -0.4 is 4.84 Å². The van der Waals surface area contributed by atoms with Crippen LogP contribution in [0.2, 0.25) is 0 Å². The van der Waals surface area contributed by atoms with Gasteiger partial charge in [0.1, 0.15) is 16.7 Å². The molecule has 0 bridgehead atoms. The first kappa shape index (κ1) is 14.8. The molecule has 0 N–H and O–H groups in total. The number of nitro groups is 1. The Hall–Kier alpha value is -3.82. The van der Waals surface area contributed by atoms with E-state index in [-0.39, 0.29) is 12.3 Å². The predicted molar refractivity (Wildman–Crippen MR) is 85.8 cm³/mol. The molecule has 0 aliphatic carbocycles. The lowest BCUT2D eigenvalue weighted by Gasteiger charge is -2.02. The average molecular weight is 337 g/mol. The molecule has 2 aromatic carbocycles. The van der Waals surface area contributed by atoms with Gasteiger partial charge in [-0.1, -0.05) is 22.2 Å². The molecule has 4 aromatic rings. The fourth-order valence-corrected chi connectivity index (χ4v) is 2.29. The quantitative estimate of drug-likeness (QED) is 0.401. The Bertz CT molecular complexity index is 1040. The van der Waals surface area contributed by atoms with E-state index in [9.17, 15) is 10.1 Å². The monoisotopic (exact) mass is 337 g/mol. The molecule has 0 unspecified atom stereocenters. The highest BCUT2D eigenvalue weighted by Crippen LogP contribution is 2.15. The van der Waals surface area contributed by atoms with Crippen LogP contribution in [0.4, 0.5) is 5.69 Å². The first-order chi connectivity index (χ1) is 12.2. The van der Waals surface area contributed by atoms with Crippen molar-refractivity contribution in [2.75, 3.05) is 0 Å². The van der Waals surface area contributed by atoms with Gasteiger partial charge in [-0.3, -0.25) is 10.1 Å². The minimum atomic E-state index is -0.452. The Balaban J connectivity index is 1.49. The number of non-ortho nitro benzene ring substituents is 1. The maximum Gasteiger partial charge on any atom is 0.269 e. The molecule has 25 heavy (non-hydrogen) atoms. The summed E-state index contributed by atoms with van der Waals surface area (Å²) in [6, 6.07) is 13.5. The minimum absolute atomic E-state index is 0.0190. The lowest BCUT2D eigenvalue weighted by Crippen LogP contribution is -2.13. The van der Waals surface area contributed by atoms with E-state index in [0.29, 0.717) is 11.4 Å². The molecule has 0 amide bonds. The van der Waals surface area contributed by atoms with Crippen molar-refractivity contribution in [1.29, 1.82) is 0 Å². The lowest BCUT2D eigenvalue weighted by molar-refractivity contribution is -0.384. The number of hydrogen-bond acceptors (Lipinski definition) is 7. The number of nitrogens with zero attached hydrogens (tertiary/aromatic N) is 7. The van der Waals surface area contributed by atoms with Crippen molar-refractivity contribution in [3.63, 3.8) is 0 Å². The SMILES string of the molecule is O=[N+]([O-])c1ccc(-n2cc(COn3nnc4ccccc43)nn2)cc1. The van der Waals surface area contributed by atoms with Crippen LogP contribution >= 0.6 is 0 Å². The van der Waals surface area contributed by atoms with Crippen molar-refractivity contribution >= 4 is 16.7 Å². The minimum Gasteiger partial charge on any atom is -0.388 e. The molecule has 0 aliphatic rings. The van der Waals surface area contributed by atoms with Crippen molar-refractivity contribution in [2.45, 2.75) is 6.61 Å². The fourth-order valence-electron chi connectivity index (χ4n) is 2.29. The van der Waals surface area contributed by atoms with Gasteiger partial charge in [0.15, 0.2) is 6.61 Å². The van der Waals surface area contributed by atoms with Gasteiger partial charge >= 0.3 is 0 Å². The average Bonchev–Trinajstić information content (AvgIpc) is 3.27. The van der Waals surface area contributed by atoms with Crippen molar-refractivity contribution in [3.8, 4) is 5.69 Å². The number of benzene rings is 2. The fraction of sp³-hybridized carbons (Fsp3) is 0.0667. The zero-order valence-electron chi connectivity index (χ0n) is 12.8. The van der Waals surface area contributed by atoms with Crippen LogP contribution in [0.5, 0.6) is 0 Å². The van der Waals surface area contributed by atoms with E-state index < -0.39 is 4.92 Å². The first-order valence-electron chi connectivity index (χ1n) is 7.30. The normalized spacial score (nSPS) is 10.9. The summed E-state index contributed by atoms with van der Waals surface area (Å²) in [4.78, 5) is 17.1. The Morgan fingerprint density at radius 3 is 2.64 bits per heavy atom. The summed E-state index contributed by atoms with van der Waals surface area (Å²) in [6.07, 6.45) is 1.68. The molecule has 4 rings (SSSR count). The third kappa shape index (κ3) is 2.87. The second-order valence-electron chi connectivity index (χ2n) is 5.15. The number of hydrogen-bond donors (Lipinski definition) is 0. The van der Waals surface area contributed by atoms with E-state index in [1.54, 1.807) is 18.3 Å². The standard InChI is InChI=1S/C15H11N7O3/c23-22(24)13-7-5-12(6-8-13)20-9-11(16-18-20)10-25-21-15-4-2-1-3-14(15)17-19-21/h1-9H,10H2. The Labute approximate surface area is 140 Å². The molecule has 10 heteroatoms. The molecule has 124 valence electrons. The zero-order chi connectivity index (χ0) is 17.2. The third-order valence-corrected chi connectivity index (χ3v) is 3.52.